The van der Waals surface area contributed by atoms with Crippen LogP contribution in [0.25, 0.3) is 0 Å². The number of carbonyl (C=O) groups excluding carboxylic acids is 1. The Bertz CT molecular complexity index is 596. The number of carbonyl (C=O) groups is 1. The molecule has 0 fully saturated rings. The predicted octanol–water partition coefficient (Wildman–Crippen LogP) is 3.54. The number of aryl methyl sites for hydroxylation is 1. The van der Waals surface area contributed by atoms with E-state index in [1.165, 1.54) is 24.3 Å². The van der Waals surface area contributed by atoms with Crippen LogP contribution in [0.4, 0.5) is 10.1 Å². The molecule has 0 unspecified atom stereocenters. The molecule has 104 valence electrons. The van der Waals surface area contributed by atoms with E-state index in [9.17, 15) is 9.18 Å². The van der Waals surface area contributed by atoms with E-state index >= 15 is 0 Å². The monoisotopic (exact) mass is 273 g/mol. The minimum absolute atomic E-state index is 0.247. The van der Waals surface area contributed by atoms with Crippen molar-refractivity contribution >= 4 is 11.6 Å². The SMILES string of the molecule is Cc1ccccc1NC(=O)[C@H](C)Oc1ccc(F)cc1. The summed E-state index contributed by atoms with van der Waals surface area (Å²) in [6.45, 7) is 3.57. The van der Waals surface area contributed by atoms with Crippen LogP contribution in [0.1, 0.15) is 12.5 Å². The van der Waals surface area contributed by atoms with Crippen molar-refractivity contribution in [2.75, 3.05) is 5.32 Å². The number of rotatable bonds is 4. The van der Waals surface area contributed by atoms with Gasteiger partial charge in [-0.25, -0.2) is 4.39 Å². The number of hydrogen-bond donors (Lipinski definition) is 1. The zero-order valence-electron chi connectivity index (χ0n) is 11.4. The van der Waals surface area contributed by atoms with E-state index in [2.05, 4.69) is 5.32 Å². The molecule has 0 heterocycles. The fourth-order valence-corrected chi connectivity index (χ4v) is 1.72. The van der Waals surface area contributed by atoms with Gasteiger partial charge in [-0.2, -0.15) is 0 Å². The van der Waals surface area contributed by atoms with Crippen LogP contribution in [-0.4, -0.2) is 12.0 Å². The molecule has 4 heteroatoms. The first-order valence-corrected chi connectivity index (χ1v) is 6.35. The quantitative estimate of drug-likeness (QED) is 0.925. The van der Waals surface area contributed by atoms with E-state index in [1.807, 2.05) is 31.2 Å². The molecule has 0 bridgehead atoms. The Kier molecular flexibility index (Phi) is 4.35. The summed E-state index contributed by atoms with van der Waals surface area (Å²) in [7, 11) is 0. The van der Waals surface area contributed by atoms with E-state index in [0.29, 0.717) is 5.75 Å². The standard InChI is InChI=1S/C16H16FNO2/c1-11-5-3-4-6-15(11)18-16(19)12(2)20-14-9-7-13(17)8-10-14/h3-10,12H,1-2H3,(H,18,19)/t12-/m0/s1. The second-order valence-corrected chi connectivity index (χ2v) is 4.52. The fourth-order valence-electron chi connectivity index (χ4n) is 1.72. The number of para-hydroxylation sites is 1. The lowest BCUT2D eigenvalue weighted by atomic mass is 10.2. The molecule has 3 nitrogen and oxygen atoms in total. The Balaban J connectivity index is 1.99. The van der Waals surface area contributed by atoms with Crippen molar-refractivity contribution in [3.05, 3.63) is 59.9 Å². The van der Waals surface area contributed by atoms with Gasteiger partial charge in [-0.1, -0.05) is 18.2 Å². The van der Waals surface area contributed by atoms with Crippen molar-refractivity contribution in [1.82, 2.24) is 0 Å². The first-order chi connectivity index (χ1) is 9.56. The number of amides is 1. The van der Waals surface area contributed by atoms with Gasteiger partial charge in [-0.05, 0) is 49.7 Å². The molecule has 0 aromatic heterocycles. The summed E-state index contributed by atoms with van der Waals surface area (Å²) >= 11 is 0. The highest BCUT2D eigenvalue weighted by Gasteiger charge is 2.15. The van der Waals surface area contributed by atoms with Crippen molar-refractivity contribution in [3.63, 3.8) is 0 Å². The van der Waals surface area contributed by atoms with Crippen molar-refractivity contribution in [2.45, 2.75) is 20.0 Å². The maximum Gasteiger partial charge on any atom is 0.265 e. The van der Waals surface area contributed by atoms with Gasteiger partial charge in [0.1, 0.15) is 11.6 Å². The van der Waals surface area contributed by atoms with Gasteiger partial charge >= 0.3 is 0 Å². The molecule has 1 N–H and O–H groups in total. The number of ether oxygens (including phenoxy) is 1. The van der Waals surface area contributed by atoms with Crippen LogP contribution in [0.5, 0.6) is 5.75 Å². The van der Waals surface area contributed by atoms with Crippen molar-refractivity contribution in [1.29, 1.82) is 0 Å². The van der Waals surface area contributed by atoms with Crippen LogP contribution in [0.2, 0.25) is 0 Å². The summed E-state index contributed by atoms with van der Waals surface area (Å²) in [5.41, 5.74) is 1.74. The Morgan fingerprint density at radius 3 is 2.45 bits per heavy atom. The van der Waals surface area contributed by atoms with E-state index in [1.54, 1.807) is 6.92 Å². The summed E-state index contributed by atoms with van der Waals surface area (Å²) < 4.78 is 18.2. The highest BCUT2D eigenvalue weighted by Crippen LogP contribution is 2.16. The van der Waals surface area contributed by atoms with Crippen molar-refractivity contribution in [2.24, 2.45) is 0 Å². The third-order valence-corrected chi connectivity index (χ3v) is 2.90. The van der Waals surface area contributed by atoms with Gasteiger partial charge in [0.05, 0.1) is 0 Å². The van der Waals surface area contributed by atoms with E-state index in [0.717, 1.165) is 11.3 Å². The molecule has 1 atom stereocenters. The Morgan fingerprint density at radius 1 is 1.15 bits per heavy atom. The molecule has 2 aromatic carbocycles. The zero-order valence-corrected chi connectivity index (χ0v) is 11.4. The second kappa shape index (κ2) is 6.19. The average molecular weight is 273 g/mol. The van der Waals surface area contributed by atoms with Gasteiger partial charge in [0.15, 0.2) is 6.10 Å². The predicted molar refractivity (Wildman–Crippen MR) is 76.3 cm³/mol. The van der Waals surface area contributed by atoms with Crippen LogP contribution in [0.3, 0.4) is 0 Å². The first kappa shape index (κ1) is 14.1. The molecule has 2 rings (SSSR count). The van der Waals surface area contributed by atoms with Gasteiger partial charge in [-0.15, -0.1) is 0 Å². The minimum atomic E-state index is -0.667. The molecule has 20 heavy (non-hydrogen) atoms. The number of hydrogen-bond acceptors (Lipinski definition) is 2. The van der Waals surface area contributed by atoms with Gasteiger partial charge in [0, 0.05) is 5.69 Å². The van der Waals surface area contributed by atoms with Gasteiger partial charge < -0.3 is 10.1 Å². The van der Waals surface area contributed by atoms with Gasteiger partial charge in [-0.3, -0.25) is 4.79 Å². The molecule has 0 spiro atoms. The highest BCUT2D eigenvalue weighted by atomic mass is 19.1. The number of nitrogens with one attached hydrogen (secondary N) is 1. The lowest BCUT2D eigenvalue weighted by molar-refractivity contribution is -0.122. The van der Waals surface area contributed by atoms with Gasteiger partial charge in [0.2, 0.25) is 0 Å². The van der Waals surface area contributed by atoms with Crippen LogP contribution in [-0.2, 0) is 4.79 Å². The van der Waals surface area contributed by atoms with Crippen LogP contribution >= 0.6 is 0 Å². The Labute approximate surface area is 117 Å². The second-order valence-electron chi connectivity index (χ2n) is 4.52. The average Bonchev–Trinajstić information content (AvgIpc) is 2.44. The molecule has 1 amide bonds. The fraction of sp³-hybridized carbons (Fsp3) is 0.188. The molecular weight excluding hydrogens is 257 g/mol. The smallest absolute Gasteiger partial charge is 0.265 e. The van der Waals surface area contributed by atoms with E-state index in [4.69, 9.17) is 4.74 Å². The minimum Gasteiger partial charge on any atom is -0.481 e. The largest absolute Gasteiger partial charge is 0.481 e. The summed E-state index contributed by atoms with van der Waals surface area (Å²) in [6.07, 6.45) is -0.667. The van der Waals surface area contributed by atoms with E-state index in [-0.39, 0.29) is 11.7 Å². The first-order valence-electron chi connectivity index (χ1n) is 6.35. The number of halogens is 1. The summed E-state index contributed by atoms with van der Waals surface area (Å²) in [4.78, 5) is 12.0. The van der Waals surface area contributed by atoms with Crippen LogP contribution in [0.15, 0.2) is 48.5 Å². The lowest BCUT2D eigenvalue weighted by Crippen LogP contribution is -2.30. The summed E-state index contributed by atoms with van der Waals surface area (Å²) in [5.74, 6) is -0.128. The van der Waals surface area contributed by atoms with E-state index < -0.39 is 6.10 Å². The summed E-state index contributed by atoms with van der Waals surface area (Å²) in [6, 6.07) is 13.1. The number of benzene rings is 2. The Hall–Kier alpha value is -2.36. The molecule has 0 aliphatic carbocycles. The molecular formula is C16H16FNO2. The third-order valence-electron chi connectivity index (χ3n) is 2.90. The maximum absolute atomic E-state index is 12.8. The van der Waals surface area contributed by atoms with Crippen molar-refractivity contribution < 1.29 is 13.9 Å². The molecule has 0 saturated carbocycles. The molecule has 0 aliphatic rings. The highest BCUT2D eigenvalue weighted by molar-refractivity contribution is 5.94. The molecule has 0 radical (unpaired) electrons. The normalized spacial score (nSPS) is 11.8. The van der Waals surface area contributed by atoms with Crippen LogP contribution < -0.4 is 10.1 Å². The topological polar surface area (TPSA) is 38.3 Å². The molecule has 0 saturated heterocycles. The lowest BCUT2D eigenvalue weighted by Gasteiger charge is -2.15. The summed E-state index contributed by atoms with van der Waals surface area (Å²) in [5, 5.41) is 2.80. The maximum atomic E-state index is 12.8. The Morgan fingerprint density at radius 2 is 1.80 bits per heavy atom. The third kappa shape index (κ3) is 3.57. The zero-order chi connectivity index (χ0) is 14.5. The van der Waals surface area contributed by atoms with Crippen molar-refractivity contribution in [3.8, 4) is 5.75 Å². The molecule has 0 aliphatic heterocycles. The molecule has 2 aromatic rings. The van der Waals surface area contributed by atoms with Gasteiger partial charge in [0.25, 0.3) is 5.91 Å². The van der Waals surface area contributed by atoms with Crippen LogP contribution in [0, 0.1) is 12.7 Å². The number of anilines is 1.